The number of rotatable bonds is 3. The van der Waals surface area contributed by atoms with E-state index in [1.54, 1.807) is 25.5 Å². The number of aliphatic imine (C=N–C) groups is 1. The van der Waals surface area contributed by atoms with E-state index in [9.17, 15) is 0 Å². The highest BCUT2D eigenvalue weighted by Crippen LogP contribution is 2.28. The first-order valence-corrected chi connectivity index (χ1v) is 5.57. The van der Waals surface area contributed by atoms with Crippen molar-refractivity contribution in [1.29, 1.82) is 0 Å². The molecule has 0 N–H and O–H groups in total. The molecule has 0 amide bonds. The van der Waals surface area contributed by atoms with Gasteiger partial charge in [0, 0.05) is 13.2 Å². The van der Waals surface area contributed by atoms with E-state index in [1.165, 1.54) is 0 Å². The number of nitrogens with zero attached hydrogens (tertiary/aromatic N) is 2. The van der Waals surface area contributed by atoms with Crippen molar-refractivity contribution in [3.05, 3.63) is 47.2 Å². The fraction of sp³-hybridized carbons (Fsp3) is 0.154. The Kier molecular flexibility index (Phi) is 3.49. The molecule has 0 atom stereocenters. The minimum absolute atomic E-state index is 0.564. The van der Waals surface area contributed by atoms with Crippen LogP contribution in [-0.2, 0) is 7.05 Å². The van der Waals surface area contributed by atoms with E-state index in [-0.39, 0.29) is 0 Å². The molecule has 0 saturated carbocycles. The molecule has 0 fully saturated rings. The van der Waals surface area contributed by atoms with E-state index in [2.05, 4.69) is 4.99 Å². The lowest BCUT2D eigenvalue weighted by molar-refractivity contribution is 0.415. The Morgan fingerprint density at radius 2 is 2.18 bits per heavy atom. The van der Waals surface area contributed by atoms with Gasteiger partial charge in [0.1, 0.15) is 5.75 Å². The second-order valence-electron chi connectivity index (χ2n) is 3.62. The average molecular weight is 249 g/mol. The van der Waals surface area contributed by atoms with E-state index in [0.29, 0.717) is 10.8 Å². The van der Waals surface area contributed by atoms with Gasteiger partial charge in [0.05, 0.1) is 29.7 Å². The van der Waals surface area contributed by atoms with Crippen molar-refractivity contribution in [1.82, 2.24) is 4.57 Å². The summed E-state index contributed by atoms with van der Waals surface area (Å²) in [6.45, 7) is 0. The lowest BCUT2D eigenvalue weighted by Gasteiger charge is -2.02. The third-order valence-electron chi connectivity index (χ3n) is 2.47. The number of halogens is 1. The Morgan fingerprint density at radius 1 is 1.35 bits per heavy atom. The summed E-state index contributed by atoms with van der Waals surface area (Å²) in [6, 6.07) is 9.42. The molecule has 4 heteroatoms. The largest absolute Gasteiger partial charge is 0.495 e. The van der Waals surface area contributed by atoms with Crippen LogP contribution >= 0.6 is 11.6 Å². The van der Waals surface area contributed by atoms with Crippen LogP contribution in [0.4, 0.5) is 5.69 Å². The van der Waals surface area contributed by atoms with Crippen LogP contribution in [0.2, 0.25) is 5.02 Å². The summed E-state index contributed by atoms with van der Waals surface area (Å²) in [6.07, 6.45) is 3.78. The molecule has 0 bridgehead atoms. The number of methoxy groups -OCH3 is 1. The summed E-state index contributed by atoms with van der Waals surface area (Å²) in [5.74, 6) is 0.657. The molecule has 1 heterocycles. The van der Waals surface area contributed by atoms with Crippen LogP contribution in [0, 0.1) is 0 Å². The molecule has 1 aromatic carbocycles. The van der Waals surface area contributed by atoms with Crippen molar-refractivity contribution in [2.75, 3.05) is 7.11 Å². The third kappa shape index (κ3) is 2.68. The van der Waals surface area contributed by atoms with Crippen molar-refractivity contribution in [2.45, 2.75) is 0 Å². The number of ether oxygens (including phenoxy) is 1. The molecule has 0 aliphatic heterocycles. The molecule has 0 aliphatic carbocycles. The number of aryl methyl sites for hydroxylation is 1. The van der Waals surface area contributed by atoms with Gasteiger partial charge in [-0.05, 0) is 30.3 Å². The van der Waals surface area contributed by atoms with Crippen molar-refractivity contribution < 1.29 is 4.74 Å². The minimum Gasteiger partial charge on any atom is -0.495 e. The molecule has 0 spiro atoms. The normalized spacial score (nSPS) is 11.0. The predicted molar refractivity (Wildman–Crippen MR) is 70.7 cm³/mol. The number of hydrogen-bond acceptors (Lipinski definition) is 2. The molecular weight excluding hydrogens is 236 g/mol. The van der Waals surface area contributed by atoms with Gasteiger partial charge in [-0.3, -0.25) is 4.99 Å². The maximum Gasteiger partial charge on any atom is 0.137 e. The fourth-order valence-electron chi connectivity index (χ4n) is 1.48. The van der Waals surface area contributed by atoms with Gasteiger partial charge in [-0.1, -0.05) is 11.6 Å². The van der Waals surface area contributed by atoms with Crippen LogP contribution in [0.15, 0.2) is 41.5 Å². The zero-order chi connectivity index (χ0) is 12.3. The zero-order valence-corrected chi connectivity index (χ0v) is 10.5. The molecule has 17 heavy (non-hydrogen) atoms. The van der Waals surface area contributed by atoms with Crippen molar-refractivity contribution in [2.24, 2.45) is 12.0 Å². The van der Waals surface area contributed by atoms with Crippen LogP contribution in [0.25, 0.3) is 0 Å². The molecule has 2 rings (SSSR count). The molecule has 0 aliphatic rings. The first-order chi connectivity index (χ1) is 8.20. The van der Waals surface area contributed by atoms with E-state index in [0.717, 1.165) is 11.4 Å². The Bertz CT molecular complexity index is 546. The summed E-state index contributed by atoms with van der Waals surface area (Å²) < 4.78 is 7.08. The van der Waals surface area contributed by atoms with E-state index in [4.69, 9.17) is 16.3 Å². The Hall–Kier alpha value is -1.74. The number of benzene rings is 1. The number of aromatic nitrogens is 1. The summed E-state index contributed by atoms with van der Waals surface area (Å²) in [5.41, 5.74) is 1.84. The van der Waals surface area contributed by atoms with Crippen molar-refractivity contribution in [3.8, 4) is 5.75 Å². The highest BCUT2D eigenvalue weighted by molar-refractivity contribution is 6.32. The fourth-order valence-corrected chi connectivity index (χ4v) is 1.74. The quantitative estimate of drug-likeness (QED) is 0.765. The van der Waals surface area contributed by atoms with Crippen LogP contribution in [0.3, 0.4) is 0 Å². The molecule has 0 unspecified atom stereocenters. The lowest BCUT2D eigenvalue weighted by Crippen LogP contribution is -1.91. The summed E-state index contributed by atoms with van der Waals surface area (Å²) in [4.78, 5) is 4.36. The Labute approximate surface area is 105 Å². The monoisotopic (exact) mass is 248 g/mol. The van der Waals surface area contributed by atoms with E-state index in [1.807, 2.05) is 36.0 Å². The second-order valence-corrected chi connectivity index (χ2v) is 4.03. The molecule has 2 aromatic rings. The second kappa shape index (κ2) is 5.06. The van der Waals surface area contributed by atoms with Crippen LogP contribution in [0.1, 0.15) is 5.69 Å². The highest BCUT2D eigenvalue weighted by Gasteiger charge is 2.00. The molecule has 3 nitrogen and oxygen atoms in total. The standard InChI is InChI=1S/C13H13ClN2O/c1-16-7-3-4-11(16)9-15-10-5-6-13(17-2)12(14)8-10/h3-9H,1-2H3. The van der Waals surface area contributed by atoms with Crippen LogP contribution < -0.4 is 4.74 Å². The van der Waals surface area contributed by atoms with E-state index < -0.39 is 0 Å². The van der Waals surface area contributed by atoms with Gasteiger partial charge in [-0.15, -0.1) is 0 Å². The van der Waals surface area contributed by atoms with Gasteiger partial charge in [0.15, 0.2) is 0 Å². The maximum atomic E-state index is 6.02. The van der Waals surface area contributed by atoms with Gasteiger partial charge in [0.25, 0.3) is 0 Å². The Balaban J connectivity index is 2.22. The smallest absolute Gasteiger partial charge is 0.137 e. The first kappa shape index (κ1) is 11.7. The Morgan fingerprint density at radius 3 is 2.76 bits per heavy atom. The van der Waals surface area contributed by atoms with Gasteiger partial charge in [0.2, 0.25) is 0 Å². The SMILES string of the molecule is COc1ccc(N=Cc2cccn2C)cc1Cl. The van der Waals surface area contributed by atoms with Crippen LogP contribution in [0.5, 0.6) is 5.75 Å². The van der Waals surface area contributed by atoms with Gasteiger partial charge in [-0.2, -0.15) is 0 Å². The first-order valence-electron chi connectivity index (χ1n) is 5.19. The van der Waals surface area contributed by atoms with Crippen molar-refractivity contribution >= 4 is 23.5 Å². The zero-order valence-electron chi connectivity index (χ0n) is 9.72. The molecule has 0 saturated heterocycles. The van der Waals surface area contributed by atoms with Gasteiger partial charge >= 0.3 is 0 Å². The summed E-state index contributed by atoms with van der Waals surface area (Å²) in [7, 11) is 3.57. The molecule has 0 radical (unpaired) electrons. The lowest BCUT2D eigenvalue weighted by atomic mass is 10.3. The van der Waals surface area contributed by atoms with Gasteiger partial charge in [-0.25, -0.2) is 0 Å². The summed E-state index contributed by atoms with van der Waals surface area (Å²) >= 11 is 6.02. The summed E-state index contributed by atoms with van der Waals surface area (Å²) in [5, 5.41) is 0.564. The predicted octanol–water partition coefficient (Wildman–Crippen LogP) is 3.44. The number of hydrogen-bond donors (Lipinski definition) is 0. The molecule has 1 aromatic heterocycles. The van der Waals surface area contributed by atoms with Gasteiger partial charge < -0.3 is 9.30 Å². The topological polar surface area (TPSA) is 26.5 Å². The third-order valence-corrected chi connectivity index (χ3v) is 2.76. The maximum absolute atomic E-state index is 6.02. The molecular formula is C13H13ClN2O. The minimum atomic E-state index is 0.564. The van der Waals surface area contributed by atoms with Crippen LogP contribution in [-0.4, -0.2) is 17.9 Å². The average Bonchev–Trinajstić information content (AvgIpc) is 2.72. The van der Waals surface area contributed by atoms with E-state index >= 15 is 0 Å². The molecule has 88 valence electrons. The van der Waals surface area contributed by atoms with Crippen molar-refractivity contribution in [3.63, 3.8) is 0 Å². The highest BCUT2D eigenvalue weighted by atomic mass is 35.5.